The Balaban J connectivity index is 2.05. The molecule has 0 bridgehead atoms. The molecule has 2 amide bonds. The quantitative estimate of drug-likeness (QED) is 0.738. The summed E-state index contributed by atoms with van der Waals surface area (Å²) >= 11 is 3.39. The molecule has 1 aliphatic rings. The van der Waals surface area contributed by atoms with E-state index in [4.69, 9.17) is 10.5 Å². The first-order chi connectivity index (χ1) is 11.1. The number of amides is 2. The molecular weight excluding hydrogens is 374 g/mol. The van der Waals surface area contributed by atoms with Crippen molar-refractivity contribution in [3.63, 3.8) is 0 Å². The van der Waals surface area contributed by atoms with Crippen molar-refractivity contribution in [2.75, 3.05) is 25.4 Å². The average molecular weight is 398 g/mol. The highest BCUT2D eigenvalue weighted by atomic mass is 79.9. The molecule has 24 heavy (non-hydrogen) atoms. The Kier molecular flexibility index (Phi) is 5.42. The van der Waals surface area contributed by atoms with Crippen molar-refractivity contribution in [3.8, 4) is 0 Å². The van der Waals surface area contributed by atoms with Gasteiger partial charge in [-0.1, -0.05) is 0 Å². The zero-order chi connectivity index (χ0) is 18.1. The molecular formula is C17H24BrN3O3. The summed E-state index contributed by atoms with van der Waals surface area (Å²) < 4.78 is 6.08. The summed E-state index contributed by atoms with van der Waals surface area (Å²) in [5.41, 5.74) is 6.37. The van der Waals surface area contributed by atoms with Gasteiger partial charge in [-0.2, -0.15) is 0 Å². The molecule has 2 N–H and O–H groups in total. The first-order valence-corrected chi connectivity index (χ1v) is 8.71. The van der Waals surface area contributed by atoms with Crippen molar-refractivity contribution in [2.24, 2.45) is 0 Å². The van der Waals surface area contributed by atoms with Crippen molar-refractivity contribution < 1.29 is 14.3 Å². The number of carbonyl (C=O) groups excluding carboxylic acids is 2. The monoisotopic (exact) mass is 397 g/mol. The van der Waals surface area contributed by atoms with E-state index in [9.17, 15) is 9.59 Å². The topological polar surface area (TPSA) is 75.9 Å². The number of nitrogens with zero attached hydrogens (tertiary/aromatic N) is 2. The minimum Gasteiger partial charge on any atom is -0.444 e. The Morgan fingerprint density at radius 3 is 2.50 bits per heavy atom. The molecule has 0 saturated carbocycles. The summed E-state index contributed by atoms with van der Waals surface area (Å²) in [5, 5.41) is 0. The van der Waals surface area contributed by atoms with Crippen LogP contribution in [0.2, 0.25) is 0 Å². The lowest BCUT2D eigenvalue weighted by Gasteiger charge is -2.40. The number of anilines is 1. The van der Waals surface area contributed by atoms with Crippen LogP contribution in [0.3, 0.4) is 0 Å². The third-order valence-electron chi connectivity index (χ3n) is 3.76. The summed E-state index contributed by atoms with van der Waals surface area (Å²) in [7, 11) is 0. The van der Waals surface area contributed by atoms with Gasteiger partial charge in [-0.25, -0.2) is 4.79 Å². The second kappa shape index (κ2) is 7.01. The minimum atomic E-state index is -0.526. The molecule has 2 rings (SSSR count). The van der Waals surface area contributed by atoms with E-state index in [1.54, 1.807) is 28.0 Å². The summed E-state index contributed by atoms with van der Waals surface area (Å²) in [6.45, 7) is 8.83. The van der Waals surface area contributed by atoms with E-state index < -0.39 is 5.60 Å². The van der Waals surface area contributed by atoms with Crippen LogP contribution < -0.4 is 5.73 Å². The van der Waals surface area contributed by atoms with E-state index >= 15 is 0 Å². The van der Waals surface area contributed by atoms with Crippen LogP contribution in [0.15, 0.2) is 22.7 Å². The van der Waals surface area contributed by atoms with Gasteiger partial charge in [-0.05, 0) is 61.8 Å². The molecule has 7 heteroatoms. The lowest BCUT2D eigenvalue weighted by atomic mass is 10.1. The number of rotatable bonds is 1. The van der Waals surface area contributed by atoms with Gasteiger partial charge >= 0.3 is 6.09 Å². The van der Waals surface area contributed by atoms with Crippen molar-refractivity contribution in [1.29, 1.82) is 0 Å². The van der Waals surface area contributed by atoms with E-state index in [1.165, 1.54) is 0 Å². The van der Waals surface area contributed by atoms with Gasteiger partial charge in [-0.3, -0.25) is 4.79 Å². The molecule has 1 aliphatic heterocycles. The van der Waals surface area contributed by atoms with Crippen LogP contribution in [0.5, 0.6) is 0 Å². The van der Waals surface area contributed by atoms with Crippen LogP contribution in [0.25, 0.3) is 0 Å². The number of nitrogens with two attached hydrogens (primary N) is 1. The molecule has 1 fully saturated rings. The molecule has 1 saturated heterocycles. The van der Waals surface area contributed by atoms with Crippen LogP contribution >= 0.6 is 15.9 Å². The fraction of sp³-hybridized carbons (Fsp3) is 0.529. The lowest BCUT2D eigenvalue weighted by Crippen LogP contribution is -2.56. The van der Waals surface area contributed by atoms with Crippen LogP contribution in [0.4, 0.5) is 10.5 Å². The van der Waals surface area contributed by atoms with Crippen molar-refractivity contribution in [1.82, 2.24) is 9.80 Å². The first-order valence-electron chi connectivity index (χ1n) is 7.92. The second-order valence-corrected chi connectivity index (χ2v) is 7.87. The van der Waals surface area contributed by atoms with Gasteiger partial charge in [0.2, 0.25) is 0 Å². The first kappa shape index (κ1) is 18.6. The Hall–Kier alpha value is -1.76. The summed E-state index contributed by atoms with van der Waals surface area (Å²) in [4.78, 5) is 28.4. The molecule has 0 radical (unpaired) electrons. The SMILES string of the molecule is C[C@H]1CN(C(=O)OC(C)(C)C)CCN1C(=O)c1ccc(N)cc1Br. The van der Waals surface area contributed by atoms with Gasteiger partial charge in [0.25, 0.3) is 5.91 Å². The second-order valence-electron chi connectivity index (χ2n) is 7.01. The maximum atomic E-state index is 12.8. The Morgan fingerprint density at radius 1 is 1.29 bits per heavy atom. The molecule has 1 heterocycles. The third kappa shape index (κ3) is 4.41. The number of piperazine rings is 1. The van der Waals surface area contributed by atoms with E-state index in [-0.39, 0.29) is 18.0 Å². The highest BCUT2D eigenvalue weighted by Gasteiger charge is 2.32. The average Bonchev–Trinajstić information content (AvgIpc) is 2.44. The summed E-state index contributed by atoms with van der Waals surface area (Å²) in [6, 6.07) is 5.05. The van der Waals surface area contributed by atoms with E-state index in [2.05, 4.69) is 15.9 Å². The molecule has 6 nitrogen and oxygen atoms in total. The predicted octanol–water partition coefficient (Wildman–Crippen LogP) is 3.11. The smallest absolute Gasteiger partial charge is 0.410 e. The van der Waals surface area contributed by atoms with Crippen LogP contribution in [-0.2, 0) is 4.74 Å². The van der Waals surface area contributed by atoms with Crippen LogP contribution in [0, 0.1) is 0 Å². The minimum absolute atomic E-state index is 0.0711. The molecule has 1 aromatic rings. The van der Waals surface area contributed by atoms with Crippen LogP contribution in [0.1, 0.15) is 38.1 Å². The fourth-order valence-electron chi connectivity index (χ4n) is 2.61. The molecule has 1 aromatic carbocycles. The normalized spacial score (nSPS) is 18.5. The molecule has 132 valence electrons. The number of halogens is 1. The number of benzene rings is 1. The van der Waals surface area contributed by atoms with Gasteiger partial charge in [0.15, 0.2) is 0 Å². The highest BCUT2D eigenvalue weighted by Crippen LogP contribution is 2.23. The third-order valence-corrected chi connectivity index (χ3v) is 4.42. The Labute approximate surface area is 151 Å². The molecule has 0 spiro atoms. The lowest BCUT2D eigenvalue weighted by molar-refractivity contribution is 0.00615. The van der Waals surface area contributed by atoms with Gasteiger partial charge in [0, 0.05) is 35.8 Å². The summed E-state index contributed by atoms with van der Waals surface area (Å²) in [6.07, 6.45) is -0.338. The van der Waals surface area contributed by atoms with Gasteiger partial charge < -0.3 is 20.3 Å². The Bertz CT molecular complexity index is 642. The Morgan fingerprint density at radius 2 is 1.96 bits per heavy atom. The van der Waals surface area contributed by atoms with E-state index in [0.717, 1.165) is 0 Å². The number of nitrogen functional groups attached to an aromatic ring is 1. The van der Waals surface area contributed by atoms with Crippen molar-refractivity contribution in [3.05, 3.63) is 28.2 Å². The largest absolute Gasteiger partial charge is 0.444 e. The number of ether oxygens (including phenoxy) is 1. The van der Waals surface area contributed by atoms with Crippen molar-refractivity contribution >= 4 is 33.6 Å². The van der Waals surface area contributed by atoms with Gasteiger partial charge in [0.1, 0.15) is 5.60 Å². The van der Waals surface area contributed by atoms with E-state index in [0.29, 0.717) is 35.4 Å². The highest BCUT2D eigenvalue weighted by molar-refractivity contribution is 9.10. The maximum absolute atomic E-state index is 12.8. The summed E-state index contributed by atoms with van der Waals surface area (Å²) in [5.74, 6) is -0.0711. The van der Waals surface area contributed by atoms with Crippen LogP contribution in [-0.4, -0.2) is 53.1 Å². The molecule has 0 aromatic heterocycles. The zero-order valence-corrected chi connectivity index (χ0v) is 16.1. The fourth-order valence-corrected chi connectivity index (χ4v) is 3.18. The number of hydrogen-bond acceptors (Lipinski definition) is 4. The standard InChI is InChI=1S/C17H24BrN3O3/c1-11-10-20(16(23)24-17(2,3)4)7-8-21(11)15(22)13-6-5-12(19)9-14(13)18/h5-6,9,11H,7-8,10,19H2,1-4H3/t11-/m0/s1. The maximum Gasteiger partial charge on any atom is 0.410 e. The van der Waals surface area contributed by atoms with Gasteiger partial charge in [0.05, 0.1) is 5.56 Å². The zero-order valence-electron chi connectivity index (χ0n) is 14.5. The molecule has 0 aliphatic carbocycles. The molecule has 1 atom stereocenters. The van der Waals surface area contributed by atoms with Crippen molar-refractivity contribution in [2.45, 2.75) is 39.3 Å². The van der Waals surface area contributed by atoms with Gasteiger partial charge in [-0.15, -0.1) is 0 Å². The molecule has 0 unspecified atom stereocenters. The number of carbonyl (C=O) groups is 2. The number of hydrogen-bond donors (Lipinski definition) is 1. The van der Waals surface area contributed by atoms with E-state index in [1.807, 2.05) is 27.7 Å². The predicted molar refractivity (Wildman–Crippen MR) is 96.9 cm³/mol.